The van der Waals surface area contributed by atoms with Crippen molar-refractivity contribution in [3.05, 3.63) is 0 Å². The van der Waals surface area contributed by atoms with Crippen molar-refractivity contribution in [3.63, 3.8) is 0 Å². The van der Waals surface area contributed by atoms with Crippen LogP contribution in [0.25, 0.3) is 0 Å². The summed E-state index contributed by atoms with van der Waals surface area (Å²) >= 11 is 0. The molecule has 0 amide bonds. The summed E-state index contributed by atoms with van der Waals surface area (Å²) < 4.78 is 0. The molecule has 0 radical (unpaired) electrons. The Morgan fingerprint density at radius 3 is 2.62 bits per heavy atom. The van der Waals surface area contributed by atoms with Crippen LogP contribution in [0.15, 0.2) is 0 Å². The van der Waals surface area contributed by atoms with Gasteiger partial charge in [-0.25, -0.2) is 0 Å². The third-order valence-corrected chi connectivity index (χ3v) is 2.25. The number of hydrogen-bond donors (Lipinski definition) is 1. The molecular weight excluding hydrogens is 166 g/mol. The number of rotatable bonds is 7. The van der Waals surface area contributed by atoms with E-state index in [-0.39, 0.29) is 6.42 Å². The molecule has 1 atom stereocenters. The summed E-state index contributed by atoms with van der Waals surface area (Å²) in [5.41, 5.74) is 0. The molecule has 1 N–H and O–H groups in total. The monoisotopic (exact) mass is 187 g/mol. The van der Waals surface area contributed by atoms with Crippen LogP contribution in [-0.2, 0) is 4.79 Å². The van der Waals surface area contributed by atoms with Crippen molar-refractivity contribution in [1.29, 1.82) is 0 Å². The first-order chi connectivity index (χ1) is 6.06. The summed E-state index contributed by atoms with van der Waals surface area (Å²) in [7, 11) is 2.05. The van der Waals surface area contributed by atoms with E-state index in [4.69, 9.17) is 5.11 Å². The van der Waals surface area contributed by atoms with E-state index in [9.17, 15) is 4.79 Å². The number of carboxylic acids is 1. The lowest BCUT2D eigenvalue weighted by Gasteiger charge is -2.19. The second kappa shape index (κ2) is 6.89. The zero-order valence-corrected chi connectivity index (χ0v) is 8.92. The van der Waals surface area contributed by atoms with Crippen molar-refractivity contribution in [1.82, 2.24) is 4.90 Å². The second-order valence-electron chi connectivity index (χ2n) is 3.77. The maximum atomic E-state index is 10.2. The van der Waals surface area contributed by atoms with E-state index in [1.165, 1.54) is 6.42 Å². The molecule has 0 heterocycles. The van der Waals surface area contributed by atoms with Gasteiger partial charge < -0.3 is 10.0 Å². The first-order valence-electron chi connectivity index (χ1n) is 4.96. The molecule has 78 valence electrons. The Labute approximate surface area is 80.7 Å². The van der Waals surface area contributed by atoms with Gasteiger partial charge in [0.25, 0.3) is 0 Å². The number of carbonyl (C=O) groups is 1. The molecule has 0 aromatic rings. The fraction of sp³-hybridized carbons (Fsp3) is 0.900. The van der Waals surface area contributed by atoms with Gasteiger partial charge in [0.2, 0.25) is 0 Å². The average Bonchev–Trinajstić information content (AvgIpc) is 2.03. The van der Waals surface area contributed by atoms with Crippen molar-refractivity contribution < 1.29 is 9.90 Å². The Balaban J connectivity index is 3.39. The summed E-state index contributed by atoms with van der Waals surface area (Å²) in [5.74, 6) is 0.00627. The lowest BCUT2D eigenvalue weighted by atomic mass is 10.1. The third-order valence-electron chi connectivity index (χ3n) is 2.25. The quantitative estimate of drug-likeness (QED) is 0.661. The maximum Gasteiger partial charge on any atom is 0.303 e. The van der Waals surface area contributed by atoms with Gasteiger partial charge in [0.05, 0.1) is 0 Å². The predicted octanol–water partition coefficient (Wildman–Crippen LogP) is 1.83. The van der Waals surface area contributed by atoms with Gasteiger partial charge in [-0.1, -0.05) is 20.3 Å². The molecule has 0 saturated heterocycles. The number of aliphatic carboxylic acids is 1. The van der Waals surface area contributed by atoms with Gasteiger partial charge in [0.15, 0.2) is 0 Å². The molecule has 3 heteroatoms. The minimum Gasteiger partial charge on any atom is -0.481 e. The molecule has 0 aromatic heterocycles. The molecule has 1 unspecified atom stereocenters. The highest BCUT2D eigenvalue weighted by Gasteiger charge is 2.04. The summed E-state index contributed by atoms with van der Waals surface area (Å²) in [5, 5.41) is 8.44. The van der Waals surface area contributed by atoms with Crippen LogP contribution in [-0.4, -0.2) is 36.1 Å². The first-order valence-corrected chi connectivity index (χ1v) is 4.96. The van der Waals surface area contributed by atoms with E-state index < -0.39 is 5.97 Å². The molecule has 0 rings (SSSR count). The van der Waals surface area contributed by atoms with Crippen LogP contribution in [0.1, 0.15) is 33.1 Å². The second-order valence-corrected chi connectivity index (χ2v) is 3.77. The van der Waals surface area contributed by atoms with Crippen LogP contribution >= 0.6 is 0 Å². The normalized spacial score (nSPS) is 13.2. The van der Waals surface area contributed by atoms with Crippen molar-refractivity contribution in [2.24, 2.45) is 5.92 Å². The molecule has 0 aromatic carbocycles. The molecule has 0 aliphatic carbocycles. The number of carboxylic acid groups (broad SMARTS) is 1. The molecule has 0 aliphatic rings. The van der Waals surface area contributed by atoms with Gasteiger partial charge in [-0.05, 0) is 25.9 Å². The van der Waals surface area contributed by atoms with Crippen LogP contribution in [0.4, 0.5) is 0 Å². The van der Waals surface area contributed by atoms with Crippen LogP contribution < -0.4 is 0 Å². The average molecular weight is 187 g/mol. The van der Waals surface area contributed by atoms with E-state index in [1.807, 2.05) is 7.05 Å². The molecule has 0 fully saturated rings. The lowest BCUT2D eigenvalue weighted by Crippen LogP contribution is -2.25. The Morgan fingerprint density at radius 1 is 1.54 bits per heavy atom. The minimum absolute atomic E-state index is 0.283. The molecule has 13 heavy (non-hydrogen) atoms. The van der Waals surface area contributed by atoms with Gasteiger partial charge in [0.1, 0.15) is 0 Å². The molecule has 0 saturated carbocycles. The van der Waals surface area contributed by atoms with Crippen molar-refractivity contribution in [2.45, 2.75) is 33.1 Å². The van der Waals surface area contributed by atoms with Crippen molar-refractivity contribution in [3.8, 4) is 0 Å². The van der Waals surface area contributed by atoms with Gasteiger partial charge in [0, 0.05) is 13.0 Å². The van der Waals surface area contributed by atoms with Gasteiger partial charge in [-0.15, -0.1) is 0 Å². The highest BCUT2D eigenvalue weighted by molar-refractivity contribution is 5.66. The largest absolute Gasteiger partial charge is 0.481 e. The molecule has 0 bridgehead atoms. The molecule has 3 nitrogen and oxygen atoms in total. The van der Waals surface area contributed by atoms with Crippen LogP contribution in [0.3, 0.4) is 0 Å². The molecule has 0 spiro atoms. The first kappa shape index (κ1) is 12.4. The number of nitrogens with zero attached hydrogens (tertiary/aromatic N) is 1. The highest BCUT2D eigenvalue weighted by Crippen LogP contribution is 2.03. The molecular formula is C10H21NO2. The van der Waals surface area contributed by atoms with E-state index >= 15 is 0 Å². The van der Waals surface area contributed by atoms with Crippen LogP contribution in [0, 0.1) is 5.92 Å². The van der Waals surface area contributed by atoms with Crippen molar-refractivity contribution >= 4 is 5.97 Å². The summed E-state index contributed by atoms with van der Waals surface area (Å²) in [6.07, 6.45) is 2.22. The Bertz CT molecular complexity index is 148. The highest BCUT2D eigenvalue weighted by atomic mass is 16.4. The smallest absolute Gasteiger partial charge is 0.303 e. The minimum atomic E-state index is -0.697. The zero-order chi connectivity index (χ0) is 10.3. The number of hydrogen-bond acceptors (Lipinski definition) is 2. The SMILES string of the molecule is CCC(C)CN(C)CCCC(=O)O. The van der Waals surface area contributed by atoms with E-state index in [0.717, 1.165) is 19.5 Å². The summed E-state index contributed by atoms with van der Waals surface area (Å²) in [4.78, 5) is 12.4. The van der Waals surface area contributed by atoms with Gasteiger partial charge in [-0.3, -0.25) is 4.79 Å². The Hall–Kier alpha value is -0.570. The Morgan fingerprint density at radius 2 is 2.15 bits per heavy atom. The lowest BCUT2D eigenvalue weighted by molar-refractivity contribution is -0.137. The maximum absolute atomic E-state index is 10.2. The predicted molar refractivity (Wildman–Crippen MR) is 53.8 cm³/mol. The van der Waals surface area contributed by atoms with E-state index in [1.54, 1.807) is 0 Å². The fourth-order valence-electron chi connectivity index (χ4n) is 1.25. The fourth-order valence-corrected chi connectivity index (χ4v) is 1.25. The topological polar surface area (TPSA) is 40.5 Å². The van der Waals surface area contributed by atoms with Gasteiger partial charge >= 0.3 is 5.97 Å². The van der Waals surface area contributed by atoms with Crippen molar-refractivity contribution in [2.75, 3.05) is 20.1 Å². The summed E-state index contributed by atoms with van der Waals surface area (Å²) in [6, 6.07) is 0. The molecule has 0 aliphatic heterocycles. The Kier molecular flexibility index (Phi) is 6.59. The standard InChI is InChI=1S/C10H21NO2/c1-4-9(2)8-11(3)7-5-6-10(12)13/h9H,4-8H2,1-3H3,(H,12,13). The van der Waals surface area contributed by atoms with E-state index in [2.05, 4.69) is 18.7 Å². The summed E-state index contributed by atoms with van der Waals surface area (Å²) in [6.45, 7) is 6.34. The van der Waals surface area contributed by atoms with Crippen LogP contribution in [0.2, 0.25) is 0 Å². The zero-order valence-electron chi connectivity index (χ0n) is 8.92. The third kappa shape index (κ3) is 7.78. The van der Waals surface area contributed by atoms with Gasteiger partial charge in [-0.2, -0.15) is 0 Å². The van der Waals surface area contributed by atoms with Crippen LogP contribution in [0.5, 0.6) is 0 Å². The van der Waals surface area contributed by atoms with E-state index in [0.29, 0.717) is 5.92 Å².